The van der Waals surface area contributed by atoms with E-state index in [1.807, 2.05) is 0 Å². The van der Waals surface area contributed by atoms with Crippen molar-refractivity contribution in [3.8, 4) is 0 Å². The molecular weight excluding hydrogens is 138 g/mol. The summed E-state index contributed by atoms with van der Waals surface area (Å²) in [4.78, 5) is 0. The van der Waals surface area contributed by atoms with Crippen LogP contribution in [0.4, 0.5) is 0 Å². The fourth-order valence-corrected chi connectivity index (χ4v) is 1.32. The SMILES string of the molecule is CCCC(CC)OC1CNC1. The molecule has 0 aliphatic carbocycles. The molecule has 1 saturated heterocycles. The Morgan fingerprint density at radius 2 is 2.18 bits per heavy atom. The molecule has 1 N–H and O–H groups in total. The summed E-state index contributed by atoms with van der Waals surface area (Å²) >= 11 is 0. The normalized spacial score (nSPS) is 21.3. The standard InChI is InChI=1S/C9H19NO/c1-3-5-8(4-2)11-9-6-10-7-9/h8-10H,3-7H2,1-2H3. The summed E-state index contributed by atoms with van der Waals surface area (Å²) in [5.74, 6) is 0. The highest BCUT2D eigenvalue weighted by Gasteiger charge is 2.20. The summed E-state index contributed by atoms with van der Waals surface area (Å²) in [5, 5.41) is 3.21. The van der Waals surface area contributed by atoms with Crippen LogP contribution in [0.2, 0.25) is 0 Å². The van der Waals surface area contributed by atoms with Gasteiger partial charge in [-0.15, -0.1) is 0 Å². The highest BCUT2D eigenvalue weighted by Crippen LogP contribution is 2.11. The molecule has 1 unspecified atom stereocenters. The zero-order valence-electron chi connectivity index (χ0n) is 7.60. The van der Waals surface area contributed by atoms with Crippen LogP contribution in [0.25, 0.3) is 0 Å². The van der Waals surface area contributed by atoms with Gasteiger partial charge < -0.3 is 10.1 Å². The minimum atomic E-state index is 0.506. The van der Waals surface area contributed by atoms with Gasteiger partial charge in [-0.05, 0) is 12.8 Å². The van der Waals surface area contributed by atoms with Crippen LogP contribution < -0.4 is 5.32 Å². The number of ether oxygens (including phenoxy) is 1. The van der Waals surface area contributed by atoms with Crippen molar-refractivity contribution in [1.82, 2.24) is 5.32 Å². The van der Waals surface area contributed by atoms with E-state index in [0.29, 0.717) is 12.2 Å². The van der Waals surface area contributed by atoms with E-state index in [0.717, 1.165) is 19.5 Å². The average Bonchev–Trinajstić information content (AvgIpc) is 1.94. The summed E-state index contributed by atoms with van der Waals surface area (Å²) in [5.41, 5.74) is 0. The van der Waals surface area contributed by atoms with Crippen molar-refractivity contribution in [2.24, 2.45) is 0 Å². The Bertz CT molecular complexity index is 102. The van der Waals surface area contributed by atoms with Crippen molar-refractivity contribution in [2.75, 3.05) is 13.1 Å². The molecule has 1 rings (SSSR count). The van der Waals surface area contributed by atoms with Crippen molar-refractivity contribution < 1.29 is 4.74 Å². The molecule has 0 saturated carbocycles. The fourth-order valence-electron chi connectivity index (χ4n) is 1.32. The predicted octanol–water partition coefficient (Wildman–Crippen LogP) is 1.55. The van der Waals surface area contributed by atoms with Gasteiger partial charge in [0.1, 0.15) is 0 Å². The van der Waals surface area contributed by atoms with Crippen molar-refractivity contribution in [3.05, 3.63) is 0 Å². The van der Waals surface area contributed by atoms with Gasteiger partial charge in [-0.1, -0.05) is 20.3 Å². The van der Waals surface area contributed by atoms with E-state index in [-0.39, 0.29) is 0 Å². The molecule has 0 aromatic rings. The Morgan fingerprint density at radius 1 is 1.45 bits per heavy atom. The number of nitrogens with one attached hydrogen (secondary N) is 1. The van der Waals surface area contributed by atoms with Crippen LogP contribution in [-0.4, -0.2) is 25.3 Å². The van der Waals surface area contributed by atoms with Crippen LogP contribution in [0.15, 0.2) is 0 Å². The Kier molecular flexibility index (Phi) is 3.87. The van der Waals surface area contributed by atoms with E-state index >= 15 is 0 Å². The average molecular weight is 157 g/mol. The maximum atomic E-state index is 5.81. The van der Waals surface area contributed by atoms with Crippen molar-refractivity contribution in [3.63, 3.8) is 0 Å². The third-order valence-electron chi connectivity index (χ3n) is 2.19. The Morgan fingerprint density at radius 3 is 2.55 bits per heavy atom. The Balaban J connectivity index is 2.08. The Hall–Kier alpha value is -0.0800. The quantitative estimate of drug-likeness (QED) is 0.654. The zero-order valence-corrected chi connectivity index (χ0v) is 7.60. The number of hydrogen-bond acceptors (Lipinski definition) is 2. The third kappa shape index (κ3) is 2.80. The van der Waals surface area contributed by atoms with E-state index in [4.69, 9.17) is 4.74 Å². The molecule has 1 aliphatic rings. The highest BCUT2D eigenvalue weighted by atomic mass is 16.5. The molecule has 66 valence electrons. The molecule has 0 spiro atoms. The first-order valence-corrected chi connectivity index (χ1v) is 4.73. The molecule has 1 atom stereocenters. The van der Waals surface area contributed by atoms with Gasteiger partial charge in [-0.3, -0.25) is 0 Å². The van der Waals surface area contributed by atoms with Crippen LogP contribution in [-0.2, 0) is 4.74 Å². The highest BCUT2D eigenvalue weighted by molar-refractivity contribution is 4.76. The third-order valence-corrected chi connectivity index (χ3v) is 2.19. The molecule has 0 bridgehead atoms. The van der Waals surface area contributed by atoms with Gasteiger partial charge in [-0.2, -0.15) is 0 Å². The minimum absolute atomic E-state index is 0.506. The van der Waals surface area contributed by atoms with Crippen molar-refractivity contribution in [1.29, 1.82) is 0 Å². The van der Waals surface area contributed by atoms with E-state index in [1.165, 1.54) is 12.8 Å². The molecule has 0 amide bonds. The van der Waals surface area contributed by atoms with E-state index in [1.54, 1.807) is 0 Å². The molecule has 0 aromatic carbocycles. The van der Waals surface area contributed by atoms with Crippen LogP contribution in [0.3, 0.4) is 0 Å². The van der Waals surface area contributed by atoms with Gasteiger partial charge >= 0.3 is 0 Å². The van der Waals surface area contributed by atoms with Gasteiger partial charge in [0, 0.05) is 13.1 Å². The zero-order chi connectivity index (χ0) is 8.10. The lowest BCUT2D eigenvalue weighted by Gasteiger charge is -2.31. The van der Waals surface area contributed by atoms with E-state index < -0.39 is 0 Å². The summed E-state index contributed by atoms with van der Waals surface area (Å²) in [6, 6.07) is 0. The lowest BCUT2D eigenvalue weighted by atomic mass is 10.1. The van der Waals surface area contributed by atoms with Crippen LogP contribution in [0.1, 0.15) is 33.1 Å². The largest absolute Gasteiger partial charge is 0.372 e. The first kappa shape index (κ1) is 9.01. The van der Waals surface area contributed by atoms with E-state index in [2.05, 4.69) is 19.2 Å². The minimum Gasteiger partial charge on any atom is -0.372 e. The molecule has 1 fully saturated rings. The number of rotatable bonds is 5. The van der Waals surface area contributed by atoms with Gasteiger partial charge in [0.25, 0.3) is 0 Å². The second-order valence-electron chi connectivity index (χ2n) is 3.24. The van der Waals surface area contributed by atoms with Crippen LogP contribution in [0.5, 0.6) is 0 Å². The summed E-state index contributed by atoms with van der Waals surface area (Å²) in [6.07, 6.45) is 4.62. The molecule has 0 aromatic heterocycles. The maximum absolute atomic E-state index is 5.81. The van der Waals surface area contributed by atoms with Gasteiger partial charge in [0.15, 0.2) is 0 Å². The summed E-state index contributed by atoms with van der Waals surface area (Å²) < 4.78 is 5.81. The molecule has 1 aliphatic heterocycles. The lowest BCUT2D eigenvalue weighted by molar-refractivity contribution is -0.0423. The molecule has 2 heteroatoms. The maximum Gasteiger partial charge on any atom is 0.0827 e. The molecular formula is C9H19NO. The topological polar surface area (TPSA) is 21.3 Å². The van der Waals surface area contributed by atoms with Gasteiger partial charge in [0.2, 0.25) is 0 Å². The lowest BCUT2D eigenvalue weighted by Crippen LogP contribution is -2.49. The molecule has 11 heavy (non-hydrogen) atoms. The molecule has 1 heterocycles. The fraction of sp³-hybridized carbons (Fsp3) is 1.00. The Labute approximate surface area is 69.3 Å². The smallest absolute Gasteiger partial charge is 0.0827 e. The molecule has 2 nitrogen and oxygen atoms in total. The van der Waals surface area contributed by atoms with Crippen molar-refractivity contribution >= 4 is 0 Å². The first-order valence-electron chi connectivity index (χ1n) is 4.73. The summed E-state index contributed by atoms with van der Waals surface area (Å²) in [7, 11) is 0. The first-order chi connectivity index (χ1) is 5.36. The second-order valence-corrected chi connectivity index (χ2v) is 3.24. The monoisotopic (exact) mass is 157 g/mol. The predicted molar refractivity (Wildman–Crippen MR) is 46.7 cm³/mol. The van der Waals surface area contributed by atoms with Crippen LogP contribution >= 0.6 is 0 Å². The van der Waals surface area contributed by atoms with Gasteiger partial charge in [0.05, 0.1) is 12.2 Å². The van der Waals surface area contributed by atoms with Gasteiger partial charge in [-0.25, -0.2) is 0 Å². The second kappa shape index (κ2) is 4.73. The molecule has 0 radical (unpaired) electrons. The van der Waals surface area contributed by atoms with E-state index in [9.17, 15) is 0 Å². The van der Waals surface area contributed by atoms with Crippen molar-refractivity contribution in [2.45, 2.75) is 45.3 Å². The number of hydrogen-bond donors (Lipinski definition) is 1. The summed E-state index contributed by atoms with van der Waals surface area (Å²) in [6.45, 7) is 6.53. The van der Waals surface area contributed by atoms with Crippen LogP contribution in [0, 0.1) is 0 Å².